The monoisotopic (exact) mass is 406 g/mol. The molecule has 0 amide bonds. The predicted octanol–water partition coefficient (Wildman–Crippen LogP) is 4.74. The topological polar surface area (TPSA) is 55.8 Å². The van der Waals surface area contributed by atoms with E-state index in [1.165, 1.54) is 18.2 Å². The van der Waals surface area contributed by atoms with Crippen molar-refractivity contribution in [3.05, 3.63) is 57.3 Å². The van der Waals surface area contributed by atoms with Crippen LogP contribution in [0.5, 0.6) is 17.2 Å². The van der Waals surface area contributed by atoms with Gasteiger partial charge in [-0.2, -0.15) is 0 Å². The number of phenolic OH excluding ortho intramolecular Hbond substituents is 1. The second kappa shape index (κ2) is 7.27. The van der Waals surface area contributed by atoms with Crippen LogP contribution in [0.3, 0.4) is 0 Å². The van der Waals surface area contributed by atoms with E-state index in [4.69, 9.17) is 9.47 Å². The Bertz CT molecular complexity index is 861. The Labute approximate surface area is 153 Å². The third kappa shape index (κ3) is 3.69. The number of phenols is 1. The third-order valence-corrected chi connectivity index (χ3v) is 4.40. The van der Waals surface area contributed by atoms with Gasteiger partial charge in [0.2, 0.25) is 0 Å². The summed E-state index contributed by atoms with van der Waals surface area (Å²) in [5, 5.41) is 10.00. The summed E-state index contributed by atoms with van der Waals surface area (Å²) in [5.41, 5.74) is 1.41. The molecule has 0 aliphatic carbocycles. The minimum atomic E-state index is -0.483. The maximum Gasteiger partial charge on any atom is 0.192 e. The standard InChI is InChI=1S/C19H16BrFO4/c1-2-24-17-9-11(8-15(20)19(17)23)7-12-5-6-25-16-4-3-13(21)10-14(16)18(12)22/h3-4,7-10,23H,2,5-6H2,1H3/b12-7-. The molecule has 6 heteroatoms. The summed E-state index contributed by atoms with van der Waals surface area (Å²) < 4.78 is 24.9. The minimum absolute atomic E-state index is 0.00643. The Morgan fingerprint density at radius 2 is 2.16 bits per heavy atom. The van der Waals surface area contributed by atoms with E-state index in [1.54, 1.807) is 18.2 Å². The SMILES string of the molecule is CCOc1cc(/C=C2/CCOc3ccc(F)cc3C2=O)cc(Br)c1O. The van der Waals surface area contributed by atoms with Crippen molar-refractivity contribution in [3.63, 3.8) is 0 Å². The number of fused-ring (bicyclic) bond motifs is 1. The molecule has 2 aromatic rings. The Hall–Kier alpha value is -2.34. The lowest BCUT2D eigenvalue weighted by atomic mass is 9.99. The smallest absolute Gasteiger partial charge is 0.192 e. The van der Waals surface area contributed by atoms with E-state index >= 15 is 0 Å². The number of benzene rings is 2. The minimum Gasteiger partial charge on any atom is -0.503 e. The van der Waals surface area contributed by atoms with Gasteiger partial charge in [0.25, 0.3) is 0 Å². The zero-order valence-corrected chi connectivity index (χ0v) is 15.1. The van der Waals surface area contributed by atoms with Gasteiger partial charge in [-0.05, 0) is 64.8 Å². The fourth-order valence-electron chi connectivity index (χ4n) is 2.64. The molecule has 0 bridgehead atoms. The number of ketones is 1. The van der Waals surface area contributed by atoms with Crippen LogP contribution in [-0.2, 0) is 0 Å². The first-order chi connectivity index (χ1) is 12.0. The summed E-state index contributed by atoms with van der Waals surface area (Å²) in [6, 6.07) is 7.27. The number of halogens is 2. The second-order valence-corrected chi connectivity index (χ2v) is 6.37. The fraction of sp³-hybridized carbons (Fsp3) is 0.211. The highest BCUT2D eigenvalue weighted by Crippen LogP contribution is 2.37. The van der Waals surface area contributed by atoms with Crippen LogP contribution in [0.1, 0.15) is 29.3 Å². The molecule has 2 aromatic carbocycles. The zero-order chi connectivity index (χ0) is 18.0. The number of aromatic hydroxyl groups is 1. The van der Waals surface area contributed by atoms with E-state index in [2.05, 4.69) is 15.9 Å². The lowest BCUT2D eigenvalue weighted by Crippen LogP contribution is -2.03. The zero-order valence-electron chi connectivity index (χ0n) is 13.5. The number of rotatable bonds is 3. The van der Waals surface area contributed by atoms with Gasteiger partial charge in [0.15, 0.2) is 17.3 Å². The molecule has 0 unspecified atom stereocenters. The molecular weight excluding hydrogens is 391 g/mol. The quantitative estimate of drug-likeness (QED) is 0.747. The van der Waals surface area contributed by atoms with Gasteiger partial charge >= 0.3 is 0 Å². The molecule has 1 heterocycles. The molecule has 0 spiro atoms. The predicted molar refractivity (Wildman–Crippen MR) is 95.8 cm³/mol. The molecular formula is C19H16BrFO4. The van der Waals surface area contributed by atoms with Crippen molar-refractivity contribution in [2.45, 2.75) is 13.3 Å². The Morgan fingerprint density at radius 3 is 2.92 bits per heavy atom. The Balaban J connectivity index is 2.02. The van der Waals surface area contributed by atoms with E-state index in [-0.39, 0.29) is 17.1 Å². The molecule has 130 valence electrons. The summed E-state index contributed by atoms with van der Waals surface area (Å²) in [6.45, 7) is 2.54. The number of carbonyl (C=O) groups excluding carboxylic acids is 1. The van der Waals surface area contributed by atoms with Gasteiger partial charge in [-0.1, -0.05) is 0 Å². The first-order valence-electron chi connectivity index (χ1n) is 7.82. The van der Waals surface area contributed by atoms with Crippen LogP contribution in [0, 0.1) is 5.82 Å². The van der Waals surface area contributed by atoms with Crippen LogP contribution < -0.4 is 9.47 Å². The summed E-state index contributed by atoms with van der Waals surface area (Å²) >= 11 is 3.28. The van der Waals surface area contributed by atoms with E-state index in [9.17, 15) is 14.3 Å². The maximum atomic E-state index is 13.5. The van der Waals surface area contributed by atoms with Crippen LogP contribution in [0.4, 0.5) is 4.39 Å². The molecule has 1 aliphatic heterocycles. The molecule has 0 saturated heterocycles. The van der Waals surface area contributed by atoms with Crippen molar-refractivity contribution in [3.8, 4) is 17.2 Å². The summed E-state index contributed by atoms with van der Waals surface area (Å²) in [4.78, 5) is 12.7. The lowest BCUT2D eigenvalue weighted by Gasteiger charge is -2.09. The van der Waals surface area contributed by atoms with Gasteiger partial charge < -0.3 is 14.6 Å². The molecule has 0 aromatic heterocycles. The molecule has 0 radical (unpaired) electrons. The number of Topliss-reactive ketones (excluding diaryl/α,β-unsaturated/α-hetero) is 1. The molecule has 25 heavy (non-hydrogen) atoms. The Morgan fingerprint density at radius 1 is 1.36 bits per heavy atom. The number of carbonyl (C=O) groups is 1. The van der Waals surface area contributed by atoms with Gasteiger partial charge in [0.05, 0.1) is 23.2 Å². The first-order valence-corrected chi connectivity index (χ1v) is 8.62. The largest absolute Gasteiger partial charge is 0.503 e. The van der Waals surface area contributed by atoms with Crippen LogP contribution in [0.15, 0.2) is 40.4 Å². The summed E-state index contributed by atoms with van der Waals surface area (Å²) in [5.74, 6) is -0.0340. The van der Waals surface area contributed by atoms with E-state index in [1.807, 2.05) is 6.92 Å². The highest BCUT2D eigenvalue weighted by atomic mass is 79.9. The normalized spacial score (nSPS) is 15.5. The molecule has 4 nitrogen and oxygen atoms in total. The van der Waals surface area contributed by atoms with Crippen molar-refractivity contribution in [2.75, 3.05) is 13.2 Å². The average molecular weight is 407 g/mol. The third-order valence-electron chi connectivity index (χ3n) is 3.80. The molecule has 1 aliphatic rings. The van der Waals surface area contributed by atoms with Gasteiger partial charge in [-0.25, -0.2) is 4.39 Å². The number of hydrogen-bond donors (Lipinski definition) is 1. The van der Waals surface area contributed by atoms with Crippen molar-refractivity contribution >= 4 is 27.8 Å². The summed E-state index contributed by atoms with van der Waals surface area (Å²) in [6.07, 6.45) is 2.11. The van der Waals surface area contributed by atoms with Crippen molar-refractivity contribution in [2.24, 2.45) is 0 Å². The van der Waals surface area contributed by atoms with Gasteiger partial charge in [-0.15, -0.1) is 0 Å². The Kier molecular flexibility index (Phi) is 5.08. The van der Waals surface area contributed by atoms with Crippen LogP contribution in [0.25, 0.3) is 6.08 Å². The molecule has 1 N–H and O–H groups in total. The highest BCUT2D eigenvalue weighted by Gasteiger charge is 2.22. The number of ether oxygens (including phenoxy) is 2. The van der Waals surface area contributed by atoms with Crippen molar-refractivity contribution in [1.29, 1.82) is 0 Å². The molecule has 0 atom stereocenters. The lowest BCUT2D eigenvalue weighted by molar-refractivity contribution is 0.103. The maximum absolute atomic E-state index is 13.5. The average Bonchev–Trinajstić information content (AvgIpc) is 2.72. The molecule has 0 saturated carbocycles. The van der Waals surface area contributed by atoms with Crippen LogP contribution >= 0.6 is 15.9 Å². The molecule has 3 rings (SSSR count). The highest BCUT2D eigenvalue weighted by molar-refractivity contribution is 9.10. The van der Waals surface area contributed by atoms with Crippen molar-refractivity contribution in [1.82, 2.24) is 0 Å². The van der Waals surface area contributed by atoms with Gasteiger partial charge in [-0.3, -0.25) is 4.79 Å². The van der Waals surface area contributed by atoms with E-state index < -0.39 is 5.82 Å². The van der Waals surface area contributed by atoms with E-state index in [0.29, 0.717) is 46.7 Å². The van der Waals surface area contributed by atoms with Gasteiger partial charge in [0, 0.05) is 12.0 Å². The van der Waals surface area contributed by atoms with Crippen LogP contribution in [-0.4, -0.2) is 24.1 Å². The molecule has 0 fully saturated rings. The van der Waals surface area contributed by atoms with Crippen LogP contribution in [0.2, 0.25) is 0 Å². The fourth-order valence-corrected chi connectivity index (χ4v) is 3.10. The second-order valence-electron chi connectivity index (χ2n) is 5.52. The number of hydrogen-bond acceptors (Lipinski definition) is 4. The van der Waals surface area contributed by atoms with Gasteiger partial charge in [0.1, 0.15) is 11.6 Å². The summed E-state index contributed by atoms with van der Waals surface area (Å²) in [7, 11) is 0. The van der Waals surface area contributed by atoms with Crippen molar-refractivity contribution < 1.29 is 23.8 Å². The van der Waals surface area contributed by atoms with E-state index in [0.717, 1.165) is 0 Å². The first kappa shape index (κ1) is 17.5.